The van der Waals surface area contributed by atoms with Gasteiger partial charge in [-0.25, -0.2) is 0 Å². The van der Waals surface area contributed by atoms with Gasteiger partial charge >= 0.3 is 5.76 Å². The van der Waals surface area contributed by atoms with E-state index in [0.29, 0.717) is 0 Å². The van der Waals surface area contributed by atoms with Crippen LogP contribution >= 0.6 is 0 Å². The first-order chi connectivity index (χ1) is 4.20. The topological polar surface area (TPSA) is 23.1 Å². The summed E-state index contributed by atoms with van der Waals surface area (Å²) in [5.74, 6) is -1.51. The van der Waals surface area contributed by atoms with Crippen molar-refractivity contribution in [1.29, 1.82) is 0 Å². The third-order valence-corrected chi connectivity index (χ3v) is 2.24. The van der Waals surface area contributed by atoms with Gasteiger partial charge in [0.1, 0.15) is 5.75 Å². The molecule has 0 aromatic rings. The van der Waals surface area contributed by atoms with Crippen LogP contribution in [0.5, 0.6) is 0 Å². The smallest absolute Gasteiger partial charge is 0.397 e. The zero-order valence-corrected chi connectivity index (χ0v) is 5.59. The lowest BCUT2D eigenvalue weighted by Crippen LogP contribution is -2.15. The molecule has 0 saturated heterocycles. The number of alkyl halides is 2. The second-order valence-corrected chi connectivity index (χ2v) is 3.44. The van der Waals surface area contributed by atoms with Gasteiger partial charge in [0.25, 0.3) is 0 Å². The Hall–Kier alpha value is 0.170. The van der Waals surface area contributed by atoms with E-state index in [1.54, 1.807) is 0 Å². The molecule has 1 nitrogen and oxygen atoms in total. The van der Waals surface area contributed by atoms with E-state index in [0.717, 1.165) is 18.8 Å². The molecule has 0 aliphatic heterocycles. The molecule has 0 amide bonds. The SMILES string of the molecule is [O-][S+](C[C]1CC1)C(F)F. The van der Waals surface area contributed by atoms with E-state index in [4.69, 9.17) is 0 Å². The van der Waals surface area contributed by atoms with Crippen LogP contribution in [-0.2, 0) is 11.2 Å². The number of hydrogen-bond acceptors (Lipinski definition) is 1. The van der Waals surface area contributed by atoms with E-state index in [9.17, 15) is 13.3 Å². The maximum atomic E-state index is 11.5. The highest BCUT2D eigenvalue weighted by molar-refractivity contribution is 7.91. The molecule has 1 fully saturated rings. The molecule has 0 aromatic heterocycles. The van der Waals surface area contributed by atoms with E-state index < -0.39 is 16.9 Å². The van der Waals surface area contributed by atoms with Crippen LogP contribution in [0.25, 0.3) is 0 Å². The van der Waals surface area contributed by atoms with Crippen LogP contribution in [0, 0.1) is 5.92 Å². The maximum Gasteiger partial charge on any atom is 0.397 e. The van der Waals surface area contributed by atoms with Gasteiger partial charge in [-0.2, -0.15) is 8.78 Å². The summed E-state index contributed by atoms with van der Waals surface area (Å²) >= 11 is -1.91. The summed E-state index contributed by atoms with van der Waals surface area (Å²) in [6.45, 7) is 0. The molecule has 0 bridgehead atoms. The highest BCUT2D eigenvalue weighted by Gasteiger charge is 2.32. The Morgan fingerprint density at radius 3 is 2.44 bits per heavy atom. The van der Waals surface area contributed by atoms with Gasteiger partial charge in [-0.15, -0.1) is 0 Å². The van der Waals surface area contributed by atoms with Gasteiger partial charge in [0, 0.05) is 17.1 Å². The normalized spacial score (nSPS) is 22.7. The first-order valence-electron chi connectivity index (χ1n) is 2.69. The monoisotopic (exact) mass is 153 g/mol. The molecule has 0 heterocycles. The van der Waals surface area contributed by atoms with Crippen LogP contribution in [0.2, 0.25) is 0 Å². The Bertz CT molecular complexity index is 95.0. The van der Waals surface area contributed by atoms with Gasteiger partial charge in [0.05, 0.1) is 0 Å². The molecule has 1 unspecified atom stereocenters. The van der Waals surface area contributed by atoms with Crippen LogP contribution in [0.3, 0.4) is 0 Å². The lowest BCUT2D eigenvalue weighted by molar-refractivity contribution is 0.235. The molecule has 1 aliphatic carbocycles. The standard InChI is InChI=1S/C5H7F2OS/c6-5(7)9(8)3-4-1-2-4/h5H,1-3H2. The lowest BCUT2D eigenvalue weighted by Gasteiger charge is -2.06. The Kier molecular flexibility index (Phi) is 2.29. The van der Waals surface area contributed by atoms with Gasteiger partial charge in [0.2, 0.25) is 0 Å². The van der Waals surface area contributed by atoms with E-state index in [2.05, 4.69) is 0 Å². The van der Waals surface area contributed by atoms with Gasteiger partial charge in [0.15, 0.2) is 0 Å². The van der Waals surface area contributed by atoms with Gasteiger partial charge in [-0.1, -0.05) is 0 Å². The Morgan fingerprint density at radius 2 is 2.11 bits per heavy atom. The van der Waals surface area contributed by atoms with E-state index in [1.807, 2.05) is 0 Å². The molecule has 4 heteroatoms. The van der Waals surface area contributed by atoms with Crippen molar-refractivity contribution in [2.75, 3.05) is 5.75 Å². The summed E-state index contributed by atoms with van der Waals surface area (Å²) in [6, 6.07) is 0. The Labute approximate surface area is 55.6 Å². The fourth-order valence-corrected chi connectivity index (χ4v) is 1.31. The van der Waals surface area contributed by atoms with Crippen molar-refractivity contribution in [1.82, 2.24) is 0 Å². The van der Waals surface area contributed by atoms with Gasteiger partial charge in [-0.05, 0) is 12.8 Å². The Balaban J connectivity index is 2.09. The molecule has 1 atom stereocenters. The minimum absolute atomic E-state index is 0.123. The van der Waals surface area contributed by atoms with E-state index >= 15 is 0 Å². The number of hydrogen-bond donors (Lipinski definition) is 0. The average Bonchev–Trinajstić information content (AvgIpc) is 2.50. The Morgan fingerprint density at radius 1 is 1.56 bits per heavy atom. The first-order valence-corrected chi connectivity index (χ1v) is 4.07. The second kappa shape index (κ2) is 2.84. The van der Waals surface area contributed by atoms with Crippen molar-refractivity contribution in [3.05, 3.63) is 5.92 Å². The molecule has 0 spiro atoms. The van der Waals surface area contributed by atoms with Crippen LogP contribution in [0.1, 0.15) is 12.8 Å². The largest absolute Gasteiger partial charge is 0.612 e. The van der Waals surface area contributed by atoms with E-state index in [1.165, 1.54) is 0 Å². The molecule has 1 saturated carbocycles. The lowest BCUT2D eigenvalue weighted by atomic mass is 10.5. The molecular weight excluding hydrogens is 146 g/mol. The summed E-state index contributed by atoms with van der Waals surface area (Å²) in [7, 11) is 0. The molecule has 0 aromatic carbocycles. The van der Waals surface area contributed by atoms with Crippen LogP contribution in [-0.4, -0.2) is 16.1 Å². The first kappa shape index (κ1) is 7.28. The number of rotatable bonds is 3. The number of halogens is 2. The second-order valence-electron chi connectivity index (χ2n) is 2.04. The predicted molar refractivity (Wildman–Crippen MR) is 31.5 cm³/mol. The van der Waals surface area contributed by atoms with Crippen molar-refractivity contribution in [2.45, 2.75) is 18.6 Å². The van der Waals surface area contributed by atoms with Gasteiger partial charge < -0.3 is 4.55 Å². The molecule has 1 radical (unpaired) electrons. The van der Waals surface area contributed by atoms with Gasteiger partial charge in [-0.3, -0.25) is 0 Å². The average molecular weight is 153 g/mol. The molecule has 1 aliphatic rings. The summed E-state index contributed by atoms with van der Waals surface area (Å²) in [5.41, 5.74) is 0. The minimum atomic E-state index is -2.65. The molecule has 0 N–H and O–H groups in total. The summed E-state index contributed by atoms with van der Waals surface area (Å²) in [6.07, 6.45) is 1.80. The summed E-state index contributed by atoms with van der Waals surface area (Å²) in [5, 5.41) is 0. The van der Waals surface area contributed by atoms with E-state index in [-0.39, 0.29) is 5.75 Å². The molecular formula is C5H7F2OS. The highest BCUT2D eigenvalue weighted by Crippen LogP contribution is 2.34. The molecule has 53 valence electrons. The van der Waals surface area contributed by atoms with Crippen LogP contribution in [0.4, 0.5) is 8.78 Å². The highest BCUT2D eigenvalue weighted by atomic mass is 32.2. The van der Waals surface area contributed by atoms with Crippen molar-refractivity contribution in [3.63, 3.8) is 0 Å². The summed E-state index contributed by atoms with van der Waals surface area (Å²) in [4.78, 5) is 0. The quantitative estimate of drug-likeness (QED) is 0.561. The zero-order valence-electron chi connectivity index (χ0n) is 4.77. The minimum Gasteiger partial charge on any atom is -0.612 e. The third kappa shape index (κ3) is 2.49. The third-order valence-electron chi connectivity index (χ3n) is 1.15. The van der Waals surface area contributed by atoms with Crippen LogP contribution in [0.15, 0.2) is 0 Å². The van der Waals surface area contributed by atoms with Crippen molar-refractivity contribution in [3.8, 4) is 0 Å². The molecule has 1 rings (SSSR count). The fraction of sp³-hybridized carbons (Fsp3) is 0.800. The maximum absolute atomic E-state index is 11.5. The predicted octanol–water partition coefficient (Wildman–Crippen LogP) is 1.33. The van der Waals surface area contributed by atoms with Crippen LogP contribution < -0.4 is 0 Å². The molecule has 9 heavy (non-hydrogen) atoms. The summed E-state index contributed by atoms with van der Waals surface area (Å²) < 4.78 is 33.3. The zero-order chi connectivity index (χ0) is 6.85. The van der Waals surface area contributed by atoms with Crippen molar-refractivity contribution < 1.29 is 13.3 Å². The van der Waals surface area contributed by atoms with Crippen molar-refractivity contribution in [2.24, 2.45) is 0 Å². The van der Waals surface area contributed by atoms with Crippen molar-refractivity contribution >= 4 is 11.2 Å². The fourth-order valence-electron chi connectivity index (χ4n) is 0.497.